The molecule has 10 unspecified atom stereocenters. The van der Waals surface area contributed by atoms with Crippen LogP contribution in [0.2, 0.25) is 0 Å². The summed E-state index contributed by atoms with van der Waals surface area (Å²) in [7, 11) is 0. The Morgan fingerprint density at radius 2 is 0.376 bits per heavy atom. The molecule has 10 rings (SSSR count). The molecule has 5 nitrogen and oxygen atoms in total. The van der Waals surface area contributed by atoms with Crippen molar-refractivity contribution in [3.8, 4) is 0 Å². The molecule has 0 aromatic heterocycles. The summed E-state index contributed by atoms with van der Waals surface area (Å²) in [6.45, 7) is 22.5. The van der Waals surface area contributed by atoms with Crippen LogP contribution in [0.25, 0.3) is 0 Å². The highest BCUT2D eigenvalue weighted by Gasteiger charge is 2.40. The zero-order valence-corrected chi connectivity index (χ0v) is 69.2. The fraction of sp³-hybridized carbons (Fsp3) is 0.948. The Morgan fingerprint density at radius 1 is 0.178 bits per heavy atom. The number of unbranched alkanes of at least 4 members (excludes halogenated alkanes) is 7. The number of ketones is 5. The lowest BCUT2D eigenvalue weighted by Gasteiger charge is -2.37. The summed E-state index contributed by atoms with van der Waals surface area (Å²) >= 11 is 0. The van der Waals surface area contributed by atoms with Gasteiger partial charge in [0.05, 0.1) is 0 Å². The Morgan fingerprint density at radius 3 is 0.604 bits per heavy atom. The van der Waals surface area contributed by atoms with Crippen molar-refractivity contribution in [1.29, 1.82) is 0 Å². The van der Waals surface area contributed by atoms with E-state index in [1.165, 1.54) is 327 Å². The highest BCUT2D eigenvalue weighted by Crippen LogP contribution is 2.48. The third kappa shape index (κ3) is 31.8. The molecular formula is C96H172O5. The second kappa shape index (κ2) is 51.6. The first-order valence-electron chi connectivity index (χ1n) is 46.8. The van der Waals surface area contributed by atoms with E-state index in [-0.39, 0.29) is 0 Å². The molecule has 0 aromatic carbocycles. The minimum absolute atomic E-state index is 0.413. The second-order valence-corrected chi connectivity index (χ2v) is 37.4. The molecule has 0 aromatic rings. The van der Waals surface area contributed by atoms with E-state index in [9.17, 15) is 24.0 Å². The van der Waals surface area contributed by atoms with Crippen molar-refractivity contribution < 1.29 is 24.0 Å². The van der Waals surface area contributed by atoms with Gasteiger partial charge >= 0.3 is 0 Å². The maximum absolute atomic E-state index is 12.3. The van der Waals surface area contributed by atoms with E-state index in [1.807, 2.05) is 0 Å². The normalized spacial score (nSPS) is 35.0. The fourth-order valence-corrected chi connectivity index (χ4v) is 23.3. The molecule has 0 aliphatic heterocycles. The van der Waals surface area contributed by atoms with Gasteiger partial charge in [-0.15, -0.1) is 0 Å². The van der Waals surface area contributed by atoms with Crippen LogP contribution in [-0.2, 0) is 24.0 Å². The molecule has 0 saturated heterocycles. The van der Waals surface area contributed by atoms with Crippen LogP contribution < -0.4 is 0 Å². The number of hydrogen-bond donors (Lipinski definition) is 0. The Kier molecular flexibility index (Phi) is 45.1. The van der Waals surface area contributed by atoms with Crippen LogP contribution in [0.3, 0.4) is 0 Å². The van der Waals surface area contributed by atoms with Crippen molar-refractivity contribution in [3.63, 3.8) is 0 Å². The molecule has 10 aliphatic rings. The smallest absolute Gasteiger partial charge is 0.136 e. The van der Waals surface area contributed by atoms with E-state index in [1.54, 1.807) is 0 Å². The molecular weight excluding hydrogens is 1230 g/mol. The van der Waals surface area contributed by atoms with Gasteiger partial charge in [0.1, 0.15) is 28.9 Å². The Balaban J connectivity index is 0.000000199. The van der Waals surface area contributed by atoms with Crippen LogP contribution >= 0.6 is 0 Å². The minimum Gasteiger partial charge on any atom is -0.299 e. The minimum atomic E-state index is 0.413. The van der Waals surface area contributed by atoms with Crippen molar-refractivity contribution in [3.05, 3.63) is 0 Å². The lowest BCUT2D eigenvalue weighted by molar-refractivity contribution is -0.128. The molecule has 0 radical (unpaired) electrons. The first-order chi connectivity index (χ1) is 49.2. The van der Waals surface area contributed by atoms with Gasteiger partial charge in [0.2, 0.25) is 0 Å². The van der Waals surface area contributed by atoms with Gasteiger partial charge in [0, 0.05) is 61.7 Å². The SMILES string of the molecule is CCCC1CCC([C@H]2CC[C@H](CC)CC2)CC1=O.CCCC1CCC([C@H]2CC[C@H](CCC)CC2)CC1=O.CCCCCCC[C@H]1CC[C@H](C2CCC(CCC)C(=O)C2)CC1.CCCCC[C@H]1CC[C@H](C2CCC(CCC)C(=O)C2)CC1.CCCC[C@H]1CC[C@H](C2CCC(CCC)C(=O)C2)CC1. The quantitative estimate of drug-likeness (QED) is 0.0646. The van der Waals surface area contributed by atoms with Crippen LogP contribution in [0.4, 0.5) is 0 Å². The summed E-state index contributed by atoms with van der Waals surface area (Å²) < 4.78 is 0. The molecule has 0 N–H and O–H groups in total. The maximum Gasteiger partial charge on any atom is 0.136 e. The first kappa shape index (κ1) is 88.3. The summed E-state index contributed by atoms with van der Waals surface area (Å²) in [5.41, 5.74) is 0. The van der Waals surface area contributed by atoms with Gasteiger partial charge in [0.15, 0.2) is 0 Å². The summed E-state index contributed by atoms with van der Waals surface area (Å²) in [6.07, 6.45) is 79.7. The van der Waals surface area contributed by atoms with Crippen LogP contribution in [0, 0.1) is 118 Å². The zero-order chi connectivity index (χ0) is 72.6. The second-order valence-electron chi connectivity index (χ2n) is 37.4. The lowest BCUT2D eigenvalue weighted by Crippen LogP contribution is -2.31. The fourth-order valence-electron chi connectivity index (χ4n) is 23.3. The predicted molar refractivity (Wildman–Crippen MR) is 433 cm³/mol. The predicted octanol–water partition coefficient (Wildman–Crippen LogP) is 29.2. The highest BCUT2D eigenvalue weighted by atomic mass is 16.1. The van der Waals surface area contributed by atoms with Gasteiger partial charge in [-0.3, -0.25) is 24.0 Å². The first-order valence-corrected chi connectivity index (χ1v) is 46.8. The van der Waals surface area contributed by atoms with Crippen molar-refractivity contribution >= 4 is 28.9 Å². The van der Waals surface area contributed by atoms with Crippen molar-refractivity contribution in [2.45, 2.75) is 461 Å². The molecule has 0 heterocycles. The molecule has 586 valence electrons. The Hall–Kier alpha value is -1.65. The largest absolute Gasteiger partial charge is 0.299 e. The number of rotatable bonds is 31. The van der Waals surface area contributed by atoms with Crippen LogP contribution in [0.1, 0.15) is 461 Å². The monoisotopic (exact) mass is 1410 g/mol. The topological polar surface area (TPSA) is 85.3 Å². The third-order valence-corrected chi connectivity index (χ3v) is 30.2. The molecule has 10 fully saturated rings. The van der Waals surface area contributed by atoms with E-state index < -0.39 is 0 Å². The standard InChI is InChI=1S/C22H40O.C20H36O.C19H34O.C18H32O.C17H30O/c1-3-5-6-7-8-10-18-11-13-19(14-12-18)21-16-15-20(9-4-2)22(23)17-21;1-3-5-6-8-16-9-11-17(12-10-16)19-14-13-18(7-4-2)20(21)15-19;1-3-5-7-15-8-10-16(11-9-15)18-13-12-17(6-4-2)19(20)14-18;1-3-5-14-7-9-15(10-8-14)17-12-11-16(6-4-2)18(19)13-17;1-3-5-15-10-11-16(12-17(15)18)14-8-6-13(4-2)7-9-14/h18-21H,3-17H2,1-2H3;16-19H,3-15H2,1-2H3;15-18H,3-14H2,1-2H3;14-17H,3-13H2,1-2H3;13-16H,3-12H2,1-2H3/t18-,19-,20?,21?;16-,17-,18?,19?;15-,16-,17?,18?;14-,15-,16?,17?;13-,14-,15?,16?. The Labute approximate surface area is 628 Å². The zero-order valence-electron chi connectivity index (χ0n) is 69.2. The van der Waals surface area contributed by atoms with Gasteiger partial charge in [-0.2, -0.15) is 0 Å². The third-order valence-electron chi connectivity index (χ3n) is 30.2. The van der Waals surface area contributed by atoms with E-state index in [2.05, 4.69) is 69.2 Å². The molecule has 0 spiro atoms. The van der Waals surface area contributed by atoms with Crippen molar-refractivity contribution in [2.24, 2.45) is 118 Å². The summed E-state index contributed by atoms with van der Waals surface area (Å²) in [6, 6.07) is 0. The van der Waals surface area contributed by atoms with Crippen LogP contribution in [0.5, 0.6) is 0 Å². The van der Waals surface area contributed by atoms with Crippen molar-refractivity contribution in [1.82, 2.24) is 0 Å². The van der Waals surface area contributed by atoms with E-state index in [0.29, 0.717) is 58.5 Å². The van der Waals surface area contributed by atoms with Crippen LogP contribution in [0.15, 0.2) is 0 Å². The summed E-state index contributed by atoms with van der Waals surface area (Å²) in [4.78, 5) is 61.2. The maximum atomic E-state index is 12.3. The van der Waals surface area contributed by atoms with E-state index >= 15 is 0 Å². The number of hydrogen-bond acceptors (Lipinski definition) is 5. The van der Waals surface area contributed by atoms with Gasteiger partial charge < -0.3 is 0 Å². The highest BCUT2D eigenvalue weighted by molar-refractivity contribution is 5.83. The molecule has 10 saturated carbocycles. The van der Waals surface area contributed by atoms with Crippen molar-refractivity contribution in [2.75, 3.05) is 0 Å². The van der Waals surface area contributed by atoms with Gasteiger partial charge in [-0.25, -0.2) is 0 Å². The molecule has 10 aliphatic carbocycles. The van der Waals surface area contributed by atoms with Gasteiger partial charge in [-0.1, -0.05) is 268 Å². The van der Waals surface area contributed by atoms with Crippen LogP contribution in [-0.4, -0.2) is 28.9 Å². The number of Topliss-reactive ketones (excluding diaryl/α,β-unsaturated/α-hetero) is 5. The molecule has 10 atom stereocenters. The van der Waals surface area contributed by atoms with Gasteiger partial charge in [-0.05, 0) is 249 Å². The summed E-state index contributed by atoms with van der Waals surface area (Å²) in [5, 5.41) is 0. The molecule has 101 heavy (non-hydrogen) atoms. The number of carbonyl (C=O) groups is 5. The molecule has 0 bridgehead atoms. The van der Waals surface area contributed by atoms with Gasteiger partial charge in [0.25, 0.3) is 0 Å². The lowest BCUT2D eigenvalue weighted by atomic mass is 9.68. The average Bonchev–Trinajstić information content (AvgIpc) is 0.881. The Bertz CT molecular complexity index is 2150. The van der Waals surface area contributed by atoms with E-state index in [4.69, 9.17) is 0 Å². The van der Waals surface area contributed by atoms with E-state index in [0.717, 1.165) is 153 Å². The average molecular weight is 1410 g/mol. The number of carbonyl (C=O) groups excluding carboxylic acids is 5. The molecule has 0 amide bonds. The summed E-state index contributed by atoms with van der Waals surface area (Å²) in [5.74, 6) is 18.1. The molecule has 5 heteroatoms.